The predicted molar refractivity (Wildman–Crippen MR) is 110 cm³/mol. The van der Waals surface area contributed by atoms with Crippen molar-refractivity contribution in [1.29, 1.82) is 5.26 Å². The Kier molecular flexibility index (Phi) is 5.80. The molecule has 2 aliphatic rings. The molecule has 0 saturated carbocycles. The number of nitriles is 1. The van der Waals surface area contributed by atoms with Crippen LogP contribution in [0.15, 0.2) is 35.7 Å². The van der Waals surface area contributed by atoms with Crippen molar-refractivity contribution in [2.75, 3.05) is 37.7 Å². The summed E-state index contributed by atoms with van der Waals surface area (Å²) >= 11 is 1.73. The second-order valence-corrected chi connectivity index (χ2v) is 9.35. The number of halogens is 3. The first-order chi connectivity index (χ1) is 14.3. The van der Waals surface area contributed by atoms with Crippen LogP contribution in [0.5, 0.6) is 0 Å². The Labute approximate surface area is 178 Å². The normalized spacial score (nSPS) is 21.8. The van der Waals surface area contributed by atoms with Gasteiger partial charge in [0, 0.05) is 55.8 Å². The van der Waals surface area contributed by atoms with Crippen LogP contribution in [0.3, 0.4) is 0 Å². The SMILES string of the molecule is N#Cc1ccc(N2CCC3(CC2)CN(Cc2cccs2)CC3CO)cc1C(F)(F)F. The van der Waals surface area contributed by atoms with Crippen molar-refractivity contribution < 1.29 is 18.3 Å². The highest BCUT2D eigenvalue weighted by molar-refractivity contribution is 7.09. The van der Waals surface area contributed by atoms with Crippen LogP contribution in [0.1, 0.15) is 28.8 Å². The van der Waals surface area contributed by atoms with E-state index < -0.39 is 11.7 Å². The fourth-order valence-electron chi connectivity index (χ4n) is 4.98. The zero-order valence-corrected chi connectivity index (χ0v) is 17.3. The third-order valence-corrected chi connectivity index (χ3v) is 7.48. The summed E-state index contributed by atoms with van der Waals surface area (Å²) in [6, 6.07) is 9.76. The highest BCUT2D eigenvalue weighted by Gasteiger charge is 2.47. The van der Waals surface area contributed by atoms with E-state index in [4.69, 9.17) is 5.26 Å². The molecule has 2 fully saturated rings. The lowest BCUT2D eigenvalue weighted by Crippen LogP contribution is -2.45. The number of thiophene rings is 1. The smallest absolute Gasteiger partial charge is 0.396 e. The molecule has 2 aliphatic heterocycles. The fourth-order valence-corrected chi connectivity index (χ4v) is 5.72. The summed E-state index contributed by atoms with van der Waals surface area (Å²) in [6.07, 6.45) is -2.88. The Bertz CT molecular complexity index is 915. The van der Waals surface area contributed by atoms with E-state index in [0.29, 0.717) is 18.8 Å². The largest absolute Gasteiger partial charge is 0.417 e. The molecule has 0 amide bonds. The molecule has 2 aromatic rings. The lowest BCUT2D eigenvalue weighted by molar-refractivity contribution is -0.137. The van der Waals surface area contributed by atoms with Gasteiger partial charge in [-0.3, -0.25) is 4.90 Å². The molecule has 1 atom stereocenters. The van der Waals surface area contributed by atoms with Gasteiger partial charge in [0.05, 0.1) is 17.2 Å². The number of piperidine rings is 1. The van der Waals surface area contributed by atoms with E-state index in [9.17, 15) is 18.3 Å². The Hall–Kier alpha value is -2.08. The van der Waals surface area contributed by atoms with E-state index in [1.807, 2.05) is 11.0 Å². The van der Waals surface area contributed by atoms with Crippen molar-refractivity contribution in [3.63, 3.8) is 0 Å². The second-order valence-electron chi connectivity index (χ2n) is 8.32. The maximum Gasteiger partial charge on any atom is 0.417 e. The van der Waals surface area contributed by atoms with E-state index in [1.165, 1.54) is 10.9 Å². The van der Waals surface area contributed by atoms with Crippen molar-refractivity contribution in [1.82, 2.24) is 4.90 Å². The number of aliphatic hydroxyl groups excluding tert-OH is 1. The highest BCUT2D eigenvalue weighted by atomic mass is 32.1. The molecular weight excluding hydrogens is 411 g/mol. The molecule has 1 aromatic carbocycles. The van der Waals surface area contributed by atoms with Gasteiger partial charge in [0.25, 0.3) is 0 Å². The van der Waals surface area contributed by atoms with Gasteiger partial charge in [0.2, 0.25) is 0 Å². The van der Waals surface area contributed by atoms with Gasteiger partial charge in [0.15, 0.2) is 0 Å². The van der Waals surface area contributed by atoms with Crippen LogP contribution in [0.4, 0.5) is 18.9 Å². The Morgan fingerprint density at radius 3 is 2.60 bits per heavy atom. The zero-order chi connectivity index (χ0) is 21.4. The van der Waals surface area contributed by atoms with Gasteiger partial charge in [-0.15, -0.1) is 11.3 Å². The van der Waals surface area contributed by atoms with E-state index in [-0.39, 0.29) is 23.5 Å². The van der Waals surface area contributed by atoms with Crippen LogP contribution in [0, 0.1) is 22.7 Å². The van der Waals surface area contributed by atoms with Crippen LogP contribution in [0.25, 0.3) is 0 Å². The molecule has 1 aromatic heterocycles. The van der Waals surface area contributed by atoms with Crippen LogP contribution in [-0.4, -0.2) is 42.8 Å². The number of likely N-dealkylation sites (tertiary alicyclic amines) is 1. The van der Waals surface area contributed by atoms with Crippen molar-refractivity contribution >= 4 is 17.0 Å². The van der Waals surface area contributed by atoms with Gasteiger partial charge in [-0.1, -0.05) is 6.07 Å². The monoisotopic (exact) mass is 435 g/mol. The molecule has 4 nitrogen and oxygen atoms in total. The fraction of sp³-hybridized carbons (Fsp3) is 0.500. The number of aliphatic hydroxyl groups is 1. The lowest BCUT2D eigenvalue weighted by atomic mass is 9.71. The van der Waals surface area contributed by atoms with E-state index >= 15 is 0 Å². The first-order valence-electron chi connectivity index (χ1n) is 10.1. The molecule has 1 spiro atoms. The summed E-state index contributed by atoms with van der Waals surface area (Å²) < 4.78 is 39.9. The quantitative estimate of drug-likeness (QED) is 0.776. The van der Waals surface area contributed by atoms with Crippen molar-refractivity contribution in [2.45, 2.75) is 25.6 Å². The van der Waals surface area contributed by atoms with Gasteiger partial charge in [0.1, 0.15) is 0 Å². The topological polar surface area (TPSA) is 50.5 Å². The summed E-state index contributed by atoms with van der Waals surface area (Å²) in [4.78, 5) is 5.67. The van der Waals surface area contributed by atoms with Crippen LogP contribution in [-0.2, 0) is 12.7 Å². The Morgan fingerprint density at radius 2 is 2.00 bits per heavy atom. The predicted octanol–water partition coefficient (Wildman–Crippen LogP) is 4.35. The van der Waals surface area contributed by atoms with E-state index in [0.717, 1.165) is 38.5 Å². The maximum absolute atomic E-state index is 13.3. The third-order valence-electron chi connectivity index (χ3n) is 6.62. The summed E-state index contributed by atoms with van der Waals surface area (Å²) in [5, 5.41) is 21.1. The number of alkyl halides is 3. The average molecular weight is 436 g/mol. The number of nitrogens with zero attached hydrogens (tertiary/aromatic N) is 3. The molecule has 0 bridgehead atoms. The molecule has 30 heavy (non-hydrogen) atoms. The average Bonchev–Trinajstić information content (AvgIpc) is 3.35. The Balaban J connectivity index is 1.47. The minimum absolute atomic E-state index is 0.00195. The van der Waals surface area contributed by atoms with Crippen LogP contribution >= 0.6 is 11.3 Å². The molecule has 1 unspecified atom stereocenters. The molecule has 0 aliphatic carbocycles. The van der Waals surface area contributed by atoms with Crippen molar-refractivity contribution in [2.24, 2.45) is 11.3 Å². The zero-order valence-electron chi connectivity index (χ0n) is 16.5. The summed E-state index contributed by atoms with van der Waals surface area (Å²) in [5.74, 6) is 0.186. The van der Waals surface area contributed by atoms with Gasteiger partial charge in [-0.05, 0) is 47.9 Å². The summed E-state index contributed by atoms with van der Waals surface area (Å²) in [7, 11) is 0. The summed E-state index contributed by atoms with van der Waals surface area (Å²) in [5.41, 5.74) is -0.716. The number of rotatable bonds is 4. The van der Waals surface area contributed by atoms with Gasteiger partial charge in [-0.25, -0.2) is 0 Å². The molecule has 2 saturated heterocycles. The third kappa shape index (κ3) is 4.07. The van der Waals surface area contributed by atoms with Crippen LogP contribution in [0.2, 0.25) is 0 Å². The standard InChI is InChI=1S/C22H24F3N3OS/c23-22(24,25)20-10-18(4-3-16(20)11-26)28-7-5-21(6-8-28)15-27(12-17(21)14-29)13-19-2-1-9-30-19/h1-4,9-10,17,29H,5-8,12-15H2. The number of hydrogen-bond acceptors (Lipinski definition) is 5. The molecule has 8 heteroatoms. The minimum atomic E-state index is -4.55. The van der Waals surface area contributed by atoms with E-state index in [2.05, 4.69) is 16.3 Å². The number of benzene rings is 1. The van der Waals surface area contributed by atoms with Crippen LogP contribution < -0.4 is 4.90 Å². The van der Waals surface area contributed by atoms with Gasteiger partial charge < -0.3 is 10.0 Å². The first-order valence-corrected chi connectivity index (χ1v) is 10.9. The maximum atomic E-state index is 13.3. The molecule has 0 radical (unpaired) electrons. The molecule has 1 N–H and O–H groups in total. The molecule has 4 rings (SSSR count). The second kappa shape index (κ2) is 8.22. The van der Waals surface area contributed by atoms with Crippen molar-refractivity contribution in [3.05, 3.63) is 51.7 Å². The number of anilines is 1. The van der Waals surface area contributed by atoms with Gasteiger partial charge in [-0.2, -0.15) is 18.4 Å². The summed E-state index contributed by atoms with van der Waals surface area (Å²) in [6.45, 7) is 4.06. The van der Waals surface area contributed by atoms with Crippen molar-refractivity contribution in [3.8, 4) is 6.07 Å². The highest BCUT2D eigenvalue weighted by Crippen LogP contribution is 2.46. The minimum Gasteiger partial charge on any atom is -0.396 e. The molecule has 160 valence electrons. The number of hydrogen-bond donors (Lipinski definition) is 1. The first kappa shape index (κ1) is 21.2. The Morgan fingerprint density at radius 1 is 1.23 bits per heavy atom. The van der Waals surface area contributed by atoms with E-state index in [1.54, 1.807) is 23.5 Å². The lowest BCUT2D eigenvalue weighted by Gasteiger charge is -2.43. The molecular formula is C22H24F3N3OS. The molecule has 3 heterocycles. The van der Waals surface area contributed by atoms with Gasteiger partial charge >= 0.3 is 6.18 Å².